The van der Waals surface area contributed by atoms with Crippen LogP contribution < -0.4 is 10.9 Å². The minimum absolute atomic E-state index is 0.263. The molecule has 2 heterocycles. The van der Waals surface area contributed by atoms with Gasteiger partial charge in [0.15, 0.2) is 3.95 Å². The van der Waals surface area contributed by atoms with Gasteiger partial charge >= 0.3 is 0 Å². The van der Waals surface area contributed by atoms with Crippen molar-refractivity contribution in [3.63, 3.8) is 0 Å². The van der Waals surface area contributed by atoms with Gasteiger partial charge in [-0.05, 0) is 49.0 Å². The van der Waals surface area contributed by atoms with Crippen LogP contribution in [0, 0.1) is 16.7 Å². The topological polar surface area (TPSA) is 66.4 Å². The van der Waals surface area contributed by atoms with Gasteiger partial charge in [-0.2, -0.15) is 0 Å². The molecule has 0 unspecified atom stereocenters. The van der Waals surface area contributed by atoms with Crippen LogP contribution in [0.3, 0.4) is 0 Å². The number of hydrogen-bond donors (Lipinski definition) is 2. The zero-order chi connectivity index (χ0) is 18.4. The fourth-order valence-electron chi connectivity index (χ4n) is 2.75. The van der Waals surface area contributed by atoms with Gasteiger partial charge in [0, 0.05) is 5.69 Å². The highest BCUT2D eigenvalue weighted by Crippen LogP contribution is 2.24. The van der Waals surface area contributed by atoms with Gasteiger partial charge in [0.25, 0.3) is 11.5 Å². The molecule has 2 aromatic heterocycles. The lowest BCUT2D eigenvalue weighted by Crippen LogP contribution is -2.15. The van der Waals surface area contributed by atoms with Gasteiger partial charge in [0.2, 0.25) is 0 Å². The highest BCUT2D eigenvalue weighted by Gasteiger charge is 2.18. The predicted molar refractivity (Wildman–Crippen MR) is 103 cm³/mol. The quantitative estimate of drug-likeness (QED) is 0.507. The van der Waals surface area contributed by atoms with Crippen molar-refractivity contribution in [2.75, 3.05) is 5.32 Å². The molecule has 130 valence electrons. The summed E-state index contributed by atoms with van der Waals surface area (Å²) in [5.41, 5.74) is 1.48. The molecule has 0 atom stereocenters. The molecule has 2 aromatic carbocycles. The van der Waals surface area contributed by atoms with Crippen LogP contribution in [-0.4, -0.2) is 15.3 Å². The monoisotopic (exact) mass is 385 g/mol. The zero-order valence-electron chi connectivity index (χ0n) is 13.5. The Morgan fingerprint density at radius 1 is 1.27 bits per heavy atom. The molecule has 4 aromatic rings. The number of nitrogens with zero attached hydrogens (tertiary/aromatic N) is 1. The van der Waals surface area contributed by atoms with E-state index >= 15 is 0 Å². The number of aryl methyl sites for hydroxylation is 1. The maximum Gasteiger partial charge on any atom is 0.269 e. The Morgan fingerprint density at radius 3 is 2.81 bits per heavy atom. The number of fused-ring (bicyclic) bond motifs is 3. The highest BCUT2D eigenvalue weighted by molar-refractivity contribution is 7.73. The number of halogens is 1. The molecular weight excluding hydrogens is 373 g/mol. The summed E-state index contributed by atoms with van der Waals surface area (Å²) in [7, 11) is 0. The number of carbonyl (C=O) groups is 1. The van der Waals surface area contributed by atoms with Gasteiger partial charge in [-0.1, -0.05) is 29.5 Å². The Bertz CT molecular complexity index is 1300. The van der Waals surface area contributed by atoms with Gasteiger partial charge in [0.05, 0.1) is 10.9 Å². The molecule has 0 fully saturated rings. The SMILES string of the molecule is Cc1ccc(NC(=O)c2sc(=S)n3c2[nH]c(=O)c2ccccc23)cc1F. The van der Waals surface area contributed by atoms with E-state index in [0.29, 0.717) is 31.8 Å². The van der Waals surface area contributed by atoms with E-state index in [-0.39, 0.29) is 10.4 Å². The summed E-state index contributed by atoms with van der Waals surface area (Å²) in [6.45, 7) is 1.64. The third kappa shape index (κ3) is 2.63. The molecule has 0 bridgehead atoms. The summed E-state index contributed by atoms with van der Waals surface area (Å²) in [5, 5.41) is 3.14. The van der Waals surface area contributed by atoms with Gasteiger partial charge in [0.1, 0.15) is 16.3 Å². The minimum atomic E-state index is -0.460. The van der Waals surface area contributed by atoms with Crippen molar-refractivity contribution in [1.29, 1.82) is 0 Å². The first-order valence-corrected chi connectivity index (χ1v) is 8.92. The van der Waals surface area contributed by atoms with Crippen LogP contribution in [0.25, 0.3) is 16.6 Å². The number of rotatable bonds is 2. The molecule has 0 aliphatic carbocycles. The van der Waals surface area contributed by atoms with Crippen LogP contribution in [-0.2, 0) is 0 Å². The molecule has 0 aliphatic rings. The van der Waals surface area contributed by atoms with E-state index in [1.54, 1.807) is 47.7 Å². The Hall–Kier alpha value is -2.84. The maximum atomic E-state index is 13.7. The van der Waals surface area contributed by atoms with Gasteiger partial charge in [-0.25, -0.2) is 4.39 Å². The fourth-order valence-corrected chi connectivity index (χ4v) is 4.03. The van der Waals surface area contributed by atoms with E-state index in [9.17, 15) is 14.0 Å². The molecule has 2 N–H and O–H groups in total. The Labute approximate surface area is 155 Å². The second kappa shape index (κ2) is 6.15. The van der Waals surface area contributed by atoms with Crippen molar-refractivity contribution < 1.29 is 9.18 Å². The molecule has 0 aliphatic heterocycles. The van der Waals surface area contributed by atoms with E-state index in [2.05, 4.69) is 10.3 Å². The van der Waals surface area contributed by atoms with Crippen LogP contribution in [0.2, 0.25) is 0 Å². The molecule has 4 rings (SSSR count). The molecule has 0 radical (unpaired) electrons. The third-order valence-electron chi connectivity index (χ3n) is 4.07. The second-order valence-electron chi connectivity index (χ2n) is 5.77. The van der Waals surface area contributed by atoms with Crippen molar-refractivity contribution in [3.8, 4) is 0 Å². The number of amides is 1. The number of hydrogen-bond acceptors (Lipinski definition) is 4. The number of nitrogens with one attached hydrogen (secondary N) is 2. The average Bonchev–Trinajstić information content (AvgIpc) is 2.95. The molecule has 0 saturated heterocycles. The van der Waals surface area contributed by atoms with Crippen LogP contribution in [0.1, 0.15) is 15.2 Å². The Balaban J connectivity index is 1.86. The van der Waals surface area contributed by atoms with Crippen LogP contribution in [0.4, 0.5) is 10.1 Å². The van der Waals surface area contributed by atoms with Crippen molar-refractivity contribution in [2.24, 2.45) is 0 Å². The van der Waals surface area contributed by atoms with E-state index in [0.717, 1.165) is 11.3 Å². The smallest absolute Gasteiger partial charge is 0.269 e. The summed E-state index contributed by atoms with van der Waals surface area (Å²) in [6.07, 6.45) is 0. The largest absolute Gasteiger partial charge is 0.321 e. The van der Waals surface area contributed by atoms with Crippen molar-refractivity contribution in [2.45, 2.75) is 6.92 Å². The average molecular weight is 385 g/mol. The minimum Gasteiger partial charge on any atom is -0.321 e. The number of benzene rings is 2. The first kappa shape index (κ1) is 16.6. The van der Waals surface area contributed by atoms with Crippen LogP contribution in [0.15, 0.2) is 47.3 Å². The zero-order valence-corrected chi connectivity index (χ0v) is 15.1. The Kier molecular flexibility index (Phi) is 3.93. The number of thiazole rings is 1. The lowest BCUT2D eigenvalue weighted by molar-refractivity contribution is 0.103. The van der Waals surface area contributed by atoms with Crippen molar-refractivity contribution >= 4 is 51.7 Å². The third-order valence-corrected chi connectivity index (χ3v) is 5.44. The number of para-hydroxylation sites is 1. The number of carbonyl (C=O) groups excluding carboxylic acids is 1. The van der Waals surface area contributed by atoms with Gasteiger partial charge in [-0.15, -0.1) is 0 Å². The Morgan fingerprint density at radius 2 is 2.04 bits per heavy atom. The molecular formula is C18H12FN3O2S2. The molecule has 26 heavy (non-hydrogen) atoms. The molecule has 1 amide bonds. The summed E-state index contributed by atoms with van der Waals surface area (Å²) in [6, 6.07) is 11.5. The molecule has 8 heteroatoms. The van der Waals surface area contributed by atoms with Crippen molar-refractivity contribution in [1.82, 2.24) is 9.38 Å². The van der Waals surface area contributed by atoms with Gasteiger partial charge < -0.3 is 10.3 Å². The van der Waals surface area contributed by atoms with Gasteiger partial charge in [-0.3, -0.25) is 14.0 Å². The maximum absolute atomic E-state index is 13.7. The van der Waals surface area contributed by atoms with E-state index in [4.69, 9.17) is 12.2 Å². The lowest BCUT2D eigenvalue weighted by Gasteiger charge is -2.06. The second-order valence-corrected chi connectivity index (χ2v) is 7.41. The first-order valence-electron chi connectivity index (χ1n) is 7.70. The molecule has 0 saturated carbocycles. The number of anilines is 1. The van der Waals surface area contributed by atoms with Crippen LogP contribution in [0.5, 0.6) is 0 Å². The van der Waals surface area contributed by atoms with E-state index < -0.39 is 11.7 Å². The lowest BCUT2D eigenvalue weighted by atomic mass is 10.2. The number of aromatic amines is 1. The summed E-state index contributed by atoms with van der Waals surface area (Å²) in [4.78, 5) is 28.0. The molecule has 0 spiro atoms. The number of H-pyrrole nitrogens is 1. The van der Waals surface area contributed by atoms with Crippen LogP contribution >= 0.6 is 23.6 Å². The fraction of sp³-hybridized carbons (Fsp3) is 0.0556. The predicted octanol–water partition coefficient (Wildman–Crippen LogP) is 4.27. The summed E-state index contributed by atoms with van der Waals surface area (Å²) >= 11 is 6.47. The summed E-state index contributed by atoms with van der Waals surface area (Å²) in [5.74, 6) is -0.866. The normalized spacial score (nSPS) is 11.2. The highest BCUT2D eigenvalue weighted by atomic mass is 32.1. The molecule has 5 nitrogen and oxygen atoms in total. The van der Waals surface area contributed by atoms with E-state index in [1.807, 2.05) is 0 Å². The van der Waals surface area contributed by atoms with Crippen molar-refractivity contribution in [3.05, 3.63) is 73.0 Å². The van der Waals surface area contributed by atoms with E-state index in [1.165, 1.54) is 6.07 Å². The first-order chi connectivity index (χ1) is 12.5. The summed E-state index contributed by atoms with van der Waals surface area (Å²) < 4.78 is 15.8. The standard InChI is InChI=1S/C18H12FN3O2S2/c1-9-6-7-10(8-12(9)19)20-17(24)14-15-21-16(23)11-4-2-3-5-13(11)22(15)18(25)26-14/h2-8H,1H3,(H,20,24)(H,21,23). The number of aromatic nitrogens is 2.